The smallest absolute Gasteiger partial charge is 0.107 e. The van der Waals surface area contributed by atoms with Crippen molar-refractivity contribution in [3.8, 4) is 0 Å². The first kappa shape index (κ1) is 16.2. The van der Waals surface area contributed by atoms with Crippen LogP contribution in [-0.4, -0.2) is 46.4 Å². The molecule has 1 saturated heterocycles. The van der Waals surface area contributed by atoms with E-state index in [0.717, 1.165) is 19.0 Å². The van der Waals surface area contributed by atoms with Crippen molar-refractivity contribution in [2.45, 2.75) is 32.4 Å². The molecular weight excluding hydrogens is 316 g/mol. The van der Waals surface area contributed by atoms with Gasteiger partial charge in [-0.15, -0.1) is 11.3 Å². The van der Waals surface area contributed by atoms with Gasteiger partial charge in [-0.3, -0.25) is 9.88 Å². The number of pyridine rings is 1. The Balaban J connectivity index is 1.23. The second kappa shape index (κ2) is 6.90. The number of thiazole rings is 1. The van der Waals surface area contributed by atoms with Crippen LogP contribution in [-0.2, 0) is 13.1 Å². The highest BCUT2D eigenvalue weighted by Gasteiger charge is 2.54. The summed E-state index contributed by atoms with van der Waals surface area (Å²) in [5.41, 5.74) is 1.95. The van der Waals surface area contributed by atoms with E-state index in [1.807, 2.05) is 24.7 Å². The molecule has 0 radical (unpaired) electrons. The third-order valence-corrected chi connectivity index (χ3v) is 6.52. The van der Waals surface area contributed by atoms with Crippen molar-refractivity contribution in [2.24, 2.45) is 11.3 Å². The molecule has 2 aromatic heterocycles. The predicted octanol–water partition coefficient (Wildman–Crippen LogP) is 3.27. The molecular formula is C19H26N4S. The second-order valence-corrected chi connectivity index (χ2v) is 8.50. The lowest BCUT2D eigenvalue weighted by atomic mass is 9.90. The Kier molecular flexibility index (Phi) is 4.66. The van der Waals surface area contributed by atoms with Gasteiger partial charge in [-0.2, -0.15) is 0 Å². The van der Waals surface area contributed by atoms with Crippen LogP contribution in [0.2, 0.25) is 0 Å². The molecule has 0 aromatic carbocycles. The lowest BCUT2D eigenvalue weighted by molar-refractivity contribution is 0.149. The second-order valence-electron chi connectivity index (χ2n) is 7.52. The summed E-state index contributed by atoms with van der Waals surface area (Å²) in [5, 5.41) is 3.34. The molecule has 3 heterocycles. The van der Waals surface area contributed by atoms with Gasteiger partial charge in [0, 0.05) is 37.1 Å². The molecule has 128 valence electrons. The highest BCUT2D eigenvalue weighted by Crippen LogP contribution is 2.59. The Morgan fingerprint density at radius 1 is 1.33 bits per heavy atom. The number of piperidine rings is 1. The van der Waals surface area contributed by atoms with Crippen LogP contribution in [0.4, 0.5) is 0 Å². The van der Waals surface area contributed by atoms with Gasteiger partial charge in [-0.25, -0.2) is 4.98 Å². The van der Waals surface area contributed by atoms with Gasteiger partial charge in [0.1, 0.15) is 5.01 Å². The predicted molar refractivity (Wildman–Crippen MR) is 97.7 cm³/mol. The van der Waals surface area contributed by atoms with Gasteiger partial charge in [-0.05, 0) is 62.4 Å². The SMILES string of the molecule is CN(Cc1cccnc1)C[C@H]1CC12CCN(Cc1nccs1)CC2. The molecule has 4 rings (SSSR count). The first-order valence-corrected chi connectivity index (χ1v) is 9.80. The maximum atomic E-state index is 4.42. The third kappa shape index (κ3) is 3.68. The van der Waals surface area contributed by atoms with Crippen molar-refractivity contribution >= 4 is 11.3 Å². The number of aromatic nitrogens is 2. The molecule has 1 atom stereocenters. The number of nitrogens with zero attached hydrogens (tertiary/aromatic N) is 4. The summed E-state index contributed by atoms with van der Waals surface area (Å²) in [6.45, 7) is 5.75. The van der Waals surface area contributed by atoms with Crippen molar-refractivity contribution in [2.75, 3.05) is 26.7 Å². The summed E-state index contributed by atoms with van der Waals surface area (Å²) in [6, 6.07) is 4.20. The lowest BCUT2D eigenvalue weighted by Crippen LogP contribution is -2.35. The van der Waals surface area contributed by atoms with Crippen LogP contribution in [0.15, 0.2) is 36.1 Å². The molecule has 1 aliphatic carbocycles. The van der Waals surface area contributed by atoms with E-state index in [2.05, 4.69) is 38.3 Å². The zero-order chi connectivity index (χ0) is 16.4. The van der Waals surface area contributed by atoms with Crippen LogP contribution in [0, 0.1) is 11.3 Å². The molecule has 2 aliphatic rings. The van der Waals surface area contributed by atoms with E-state index in [0.29, 0.717) is 5.41 Å². The van der Waals surface area contributed by atoms with Crippen molar-refractivity contribution in [3.05, 3.63) is 46.7 Å². The maximum Gasteiger partial charge on any atom is 0.107 e. The molecule has 1 spiro atoms. The molecule has 1 saturated carbocycles. The molecule has 24 heavy (non-hydrogen) atoms. The van der Waals surface area contributed by atoms with E-state index < -0.39 is 0 Å². The van der Waals surface area contributed by atoms with E-state index in [9.17, 15) is 0 Å². The minimum absolute atomic E-state index is 0.641. The van der Waals surface area contributed by atoms with Crippen molar-refractivity contribution in [1.82, 2.24) is 19.8 Å². The monoisotopic (exact) mass is 342 g/mol. The Bertz CT molecular complexity index is 635. The van der Waals surface area contributed by atoms with E-state index in [4.69, 9.17) is 0 Å². The fourth-order valence-corrected chi connectivity index (χ4v) is 4.88. The van der Waals surface area contributed by atoms with Crippen LogP contribution in [0.5, 0.6) is 0 Å². The average molecular weight is 343 g/mol. The highest BCUT2D eigenvalue weighted by molar-refractivity contribution is 7.09. The van der Waals surface area contributed by atoms with Gasteiger partial charge < -0.3 is 4.90 Å². The summed E-state index contributed by atoms with van der Waals surface area (Å²) in [4.78, 5) is 13.7. The normalized spacial score (nSPS) is 23.0. The molecule has 0 bridgehead atoms. The first-order valence-electron chi connectivity index (χ1n) is 8.92. The molecule has 0 amide bonds. The number of hydrogen-bond donors (Lipinski definition) is 0. The van der Waals surface area contributed by atoms with E-state index >= 15 is 0 Å². The van der Waals surface area contributed by atoms with Crippen molar-refractivity contribution in [1.29, 1.82) is 0 Å². The standard InChI is InChI=1S/C19H26N4S/c1-22(13-16-3-2-6-20-12-16)14-17-11-19(17)4-8-23(9-5-19)15-18-21-7-10-24-18/h2-3,6-7,10,12,17H,4-5,8-9,11,13-15H2,1H3/t17-/m1/s1. The zero-order valence-electron chi connectivity index (χ0n) is 14.4. The minimum Gasteiger partial charge on any atom is -0.302 e. The maximum absolute atomic E-state index is 4.42. The Labute approximate surface area is 148 Å². The molecule has 2 fully saturated rings. The highest BCUT2D eigenvalue weighted by atomic mass is 32.1. The summed E-state index contributed by atoms with van der Waals surface area (Å²) in [5.74, 6) is 0.890. The lowest BCUT2D eigenvalue weighted by Gasteiger charge is -2.33. The Morgan fingerprint density at radius 2 is 2.21 bits per heavy atom. The summed E-state index contributed by atoms with van der Waals surface area (Å²) in [6.07, 6.45) is 9.90. The fourth-order valence-electron chi connectivity index (χ4n) is 4.23. The summed E-state index contributed by atoms with van der Waals surface area (Å²) in [7, 11) is 2.25. The molecule has 0 unspecified atom stereocenters. The zero-order valence-corrected chi connectivity index (χ0v) is 15.2. The number of likely N-dealkylation sites (tertiary alicyclic amines) is 1. The van der Waals surface area contributed by atoms with Gasteiger partial charge >= 0.3 is 0 Å². The summed E-state index contributed by atoms with van der Waals surface area (Å²) >= 11 is 1.78. The van der Waals surface area contributed by atoms with Gasteiger partial charge in [0.25, 0.3) is 0 Å². The van der Waals surface area contributed by atoms with Gasteiger partial charge in [0.05, 0.1) is 6.54 Å². The van der Waals surface area contributed by atoms with Crippen LogP contribution >= 0.6 is 11.3 Å². The van der Waals surface area contributed by atoms with Crippen LogP contribution in [0.3, 0.4) is 0 Å². The minimum atomic E-state index is 0.641. The van der Waals surface area contributed by atoms with Crippen LogP contribution in [0.25, 0.3) is 0 Å². The Morgan fingerprint density at radius 3 is 2.92 bits per heavy atom. The van der Waals surface area contributed by atoms with Gasteiger partial charge in [0.2, 0.25) is 0 Å². The van der Waals surface area contributed by atoms with E-state index in [1.54, 1.807) is 11.3 Å². The van der Waals surface area contributed by atoms with Gasteiger partial charge in [0.15, 0.2) is 0 Å². The quantitative estimate of drug-likeness (QED) is 0.806. The van der Waals surface area contributed by atoms with Gasteiger partial charge in [-0.1, -0.05) is 6.07 Å². The third-order valence-electron chi connectivity index (χ3n) is 5.76. The molecule has 5 heteroatoms. The van der Waals surface area contributed by atoms with Crippen molar-refractivity contribution in [3.63, 3.8) is 0 Å². The number of hydrogen-bond acceptors (Lipinski definition) is 5. The molecule has 0 N–H and O–H groups in total. The van der Waals surface area contributed by atoms with Crippen molar-refractivity contribution < 1.29 is 0 Å². The van der Waals surface area contributed by atoms with E-state index in [-0.39, 0.29) is 0 Å². The molecule has 1 aliphatic heterocycles. The van der Waals surface area contributed by atoms with E-state index in [1.165, 1.54) is 49.5 Å². The largest absolute Gasteiger partial charge is 0.302 e. The Hall–Kier alpha value is -1.30. The average Bonchev–Trinajstić information content (AvgIpc) is 3.00. The first-order chi connectivity index (χ1) is 11.7. The molecule has 4 nitrogen and oxygen atoms in total. The fraction of sp³-hybridized carbons (Fsp3) is 0.579. The van der Waals surface area contributed by atoms with Crippen LogP contribution in [0.1, 0.15) is 29.8 Å². The van der Waals surface area contributed by atoms with Crippen LogP contribution < -0.4 is 0 Å². The topological polar surface area (TPSA) is 32.3 Å². The summed E-state index contributed by atoms with van der Waals surface area (Å²) < 4.78 is 0. The molecule has 2 aromatic rings. The number of rotatable bonds is 6.